The van der Waals surface area contributed by atoms with Gasteiger partial charge in [0.1, 0.15) is 0 Å². The van der Waals surface area contributed by atoms with Gasteiger partial charge in [0, 0.05) is 31.7 Å². The molecule has 0 aromatic rings. The Labute approximate surface area is 117 Å². The van der Waals surface area contributed by atoms with Gasteiger partial charge in [-0.3, -0.25) is 0 Å². The van der Waals surface area contributed by atoms with Crippen LogP contribution in [-0.2, 0) is 10.0 Å². The Morgan fingerprint density at radius 1 is 1.11 bits per heavy atom. The summed E-state index contributed by atoms with van der Waals surface area (Å²) in [6, 6.07) is 1.07. The van der Waals surface area contributed by atoms with Crippen molar-refractivity contribution in [3.8, 4) is 0 Å². The summed E-state index contributed by atoms with van der Waals surface area (Å²) in [6.07, 6.45) is 4.40. The van der Waals surface area contributed by atoms with Gasteiger partial charge in [0.2, 0.25) is 10.0 Å². The molecule has 0 radical (unpaired) electrons. The largest absolute Gasteiger partial charge is 0.310 e. The molecule has 112 valence electrons. The monoisotopic (exact) mass is 289 g/mol. The Hall–Kier alpha value is -0.170. The molecule has 2 saturated heterocycles. The third kappa shape index (κ3) is 4.15. The van der Waals surface area contributed by atoms with E-state index in [0.717, 1.165) is 19.4 Å². The number of sulfonamides is 1. The zero-order valence-electron chi connectivity index (χ0n) is 12.1. The van der Waals surface area contributed by atoms with Gasteiger partial charge in [-0.2, -0.15) is 0 Å². The minimum absolute atomic E-state index is 0.221. The maximum atomic E-state index is 11.8. The highest BCUT2D eigenvalue weighted by atomic mass is 32.2. The zero-order valence-corrected chi connectivity index (χ0v) is 13.0. The van der Waals surface area contributed by atoms with Crippen molar-refractivity contribution in [3.63, 3.8) is 0 Å². The van der Waals surface area contributed by atoms with Crippen LogP contribution < -0.4 is 5.32 Å². The molecule has 1 unspecified atom stereocenters. The number of hydrogen-bond donors (Lipinski definition) is 1. The number of nitrogens with one attached hydrogen (secondary N) is 1. The number of nitrogens with zero attached hydrogens (tertiary/aromatic N) is 2. The summed E-state index contributed by atoms with van der Waals surface area (Å²) in [7, 11) is -0.818. The SMILES string of the molecule is CCS(=O)(=O)N1CCC(NC2CCCN(C)C2)CC1. The predicted octanol–water partition coefficient (Wildman–Crippen LogP) is 0.484. The molecule has 0 amide bonds. The van der Waals surface area contributed by atoms with Gasteiger partial charge in [-0.05, 0) is 46.2 Å². The number of hydrogen-bond acceptors (Lipinski definition) is 4. The van der Waals surface area contributed by atoms with E-state index in [2.05, 4.69) is 17.3 Å². The summed E-state index contributed by atoms with van der Waals surface area (Å²) >= 11 is 0. The van der Waals surface area contributed by atoms with Crippen molar-refractivity contribution in [1.29, 1.82) is 0 Å². The van der Waals surface area contributed by atoms with Crippen LogP contribution in [0, 0.1) is 0 Å². The lowest BCUT2D eigenvalue weighted by Crippen LogP contribution is -2.52. The Kier molecular flexibility index (Phi) is 5.22. The van der Waals surface area contributed by atoms with Gasteiger partial charge in [-0.25, -0.2) is 12.7 Å². The minimum atomic E-state index is -2.99. The van der Waals surface area contributed by atoms with Gasteiger partial charge in [-0.15, -0.1) is 0 Å². The van der Waals surface area contributed by atoms with Crippen LogP contribution in [0.15, 0.2) is 0 Å². The van der Waals surface area contributed by atoms with Crippen molar-refractivity contribution >= 4 is 10.0 Å². The van der Waals surface area contributed by atoms with Crippen molar-refractivity contribution in [1.82, 2.24) is 14.5 Å². The molecule has 2 aliphatic heterocycles. The zero-order chi connectivity index (χ0) is 13.9. The standard InChI is InChI=1S/C13H27N3O2S/c1-3-19(17,18)16-9-6-12(7-10-16)14-13-5-4-8-15(2)11-13/h12-14H,3-11H2,1-2H3. The van der Waals surface area contributed by atoms with Crippen molar-refractivity contribution in [2.75, 3.05) is 39.0 Å². The second-order valence-electron chi connectivity index (χ2n) is 5.84. The van der Waals surface area contributed by atoms with Crippen LogP contribution >= 0.6 is 0 Å². The highest BCUT2D eigenvalue weighted by Gasteiger charge is 2.28. The average Bonchev–Trinajstić information content (AvgIpc) is 2.39. The highest BCUT2D eigenvalue weighted by molar-refractivity contribution is 7.89. The fourth-order valence-corrected chi connectivity index (χ4v) is 4.25. The molecule has 1 atom stereocenters. The highest BCUT2D eigenvalue weighted by Crippen LogP contribution is 2.17. The van der Waals surface area contributed by atoms with E-state index in [-0.39, 0.29) is 5.75 Å². The first-order valence-corrected chi connectivity index (χ1v) is 9.04. The number of likely N-dealkylation sites (tertiary alicyclic amines) is 1. The molecule has 2 heterocycles. The first-order valence-electron chi connectivity index (χ1n) is 7.43. The van der Waals surface area contributed by atoms with E-state index in [9.17, 15) is 8.42 Å². The van der Waals surface area contributed by atoms with Crippen molar-refractivity contribution in [3.05, 3.63) is 0 Å². The molecule has 0 spiro atoms. The van der Waals surface area contributed by atoms with E-state index in [4.69, 9.17) is 0 Å². The molecule has 0 aromatic carbocycles. The fourth-order valence-electron chi connectivity index (χ4n) is 3.12. The molecule has 0 aliphatic carbocycles. The third-order valence-electron chi connectivity index (χ3n) is 4.31. The van der Waals surface area contributed by atoms with Gasteiger partial charge in [0.05, 0.1) is 5.75 Å². The van der Waals surface area contributed by atoms with Crippen LogP contribution in [0.4, 0.5) is 0 Å². The second kappa shape index (κ2) is 6.52. The Balaban J connectivity index is 1.77. The Bertz CT molecular complexity index is 377. The predicted molar refractivity (Wildman–Crippen MR) is 77.7 cm³/mol. The van der Waals surface area contributed by atoms with Crippen LogP contribution in [-0.4, -0.2) is 68.7 Å². The lowest BCUT2D eigenvalue weighted by atomic mass is 10.0. The van der Waals surface area contributed by atoms with Gasteiger partial charge in [0.25, 0.3) is 0 Å². The van der Waals surface area contributed by atoms with Crippen molar-refractivity contribution in [2.24, 2.45) is 0 Å². The quantitative estimate of drug-likeness (QED) is 0.818. The van der Waals surface area contributed by atoms with Gasteiger partial charge in [-0.1, -0.05) is 0 Å². The van der Waals surface area contributed by atoms with Crippen molar-refractivity contribution in [2.45, 2.75) is 44.7 Å². The summed E-state index contributed by atoms with van der Waals surface area (Å²) < 4.78 is 25.2. The van der Waals surface area contributed by atoms with Crippen LogP contribution in [0.25, 0.3) is 0 Å². The van der Waals surface area contributed by atoms with E-state index in [1.165, 1.54) is 19.4 Å². The average molecular weight is 289 g/mol. The summed E-state index contributed by atoms with van der Waals surface area (Å²) in [4.78, 5) is 2.37. The molecule has 2 fully saturated rings. The molecule has 0 saturated carbocycles. The fraction of sp³-hybridized carbons (Fsp3) is 1.00. The topological polar surface area (TPSA) is 52.7 Å². The molecule has 19 heavy (non-hydrogen) atoms. The van der Waals surface area contributed by atoms with Crippen LogP contribution in [0.2, 0.25) is 0 Å². The normalized spacial score (nSPS) is 28.6. The van der Waals surface area contributed by atoms with E-state index in [1.54, 1.807) is 11.2 Å². The molecular weight excluding hydrogens is 262 g/mol. The van der Waals surface area contributed by atoms with Gasteiger partial charge in [0.15, 0.2) is 0 Å². The molecule has 5 nitrogen and oxygen atoms in total. The minimum Gasteiger partial charge on any atom is -0.310 e. The molecule has 2 aliphatic rings. The third-order valence-corrected chi connectivity index (χ3v) is 6.19. The lowest BCUT2D eigenvalue weighted by Gasteiger charge is -2.37. The van der Waals surface area contributed by atoms with E-state index >= 15 is 0 Å². The van der Waals surface area contributed by atoms with Crippen molar-refractivity contribution < 1.29 is 8.42 Å². The summed E-state index contributed by atoms with van der Waals surface area (Å²) in [5.74, 6) is 0.221. The summed E-state index contributed by atoms with van der Waals surface area (Å²) in [6.45, 7) is 5.39. The van der Waals surface area contributed by atoms with E-state index in [1.807, 2.05) is 0 Å². The molecular formula is C13H27N3O2S. The van der Waals surface area contributed by atoms with Crippen LogP contribution in [0.5, 0.6) is 0 Å². The molecule has 0 bridgehead atoms. The summed E-state index contributed by atoms with van der Waals surface area (Å²) in [5, 5.41) is 3.72. The maximum Gasteiger partial charge on any atom is 0.213 e. The maximum absolute atomic E-state index is 11.8. The molecule has 0 aromatic heterocycles. The number of rotatable bonds is 4. The Morgan fingerprint density at radius 2 is 1.79 bits per heavy atom. The van der Waals surface area contributed by atoms with Crippen LogP contribution in [0.3, 0.4) is 0 Å². The molecule has 1 N–H and O–H groups in total. The summed E-state index contributed by atoms with van der Waals surface area (Å²) in [5.41, 5.74) is 0. The Morgan fingerprint density at radius 3 is 2.37 bits per heavy atom. The number of likely N-dealkylation sites (N-methyl/N-ethyl adjacent to an activating group) is 1. The first kappa shape index (κ1) is 15.2. The lowest BCUT2D eigenvalue weighted by molar-refractivity contribution is 0.196. The molecule has 6 heteroatoms. The van der Waals surface area contributed by atoms with Gasteiger partial charge >= 0.3 is 0 Å². The van der Waals surface area contributed by atoms with E-state index in [0.29, 0.717) is 25.2 Å². The van der Waals surface area contributed by atoms with Gasteiger partial charge < -0.3 is 10.2 Å². The van der Waals surface area contributed by atoms with E-state index < -0.39 is 10.0 Å². The first-order chi connectivity index (χ1) is 9.01. The smallest absolute Gasteiger partial charge is 0.213 e. The molecule has 2 rings (SSSR count). The second-order valence-corrected chi connectivity index (χ2v) is 8.10. The van der Waals surface area contributed by atoms with Crippen LogP contribution in [0.1, 0.15) is 32.6 Å². The number of piperidine rings is 2.